The highest BCUT2D eigenvalue weighted by Crippen LogP contribution is 2.32. The van der Waals surface area contributed by atoms with Crippen LogP contribution in [0.4, 0.5) is 16.0 Å². The zero-order valence-corrected chi connectivity index (χ0v) is 25.5. The number of halogens is 1. The predicted octanol–water partition coefficient (Wildman–Crippen LogP) is -1.63. The molecule has 0 spiro atoms. The maximum absolute atomic E-state index is 15.7. The maximum Gasteiger partial charge on any atom is 0.335 e. The number of fused-ring (bicyclic) bond motifs is 1. The smallest absolute Gasteiger partial charge is 0.335 e. The maximum atomic E-state index is 15.7. The van der Waals surface area contributed by atoms with Gasteiger partial charge in [-0.25, -0.2) is 24.7 Å². The summed E-state index contributed by atoms with van der Waals surface area (Å²) in [6, 6.07) is 0.107. The lowest BCUT2D eigenvalue weighted by Crippen LogP contribution is -2.61. The number of ether oxygens (including phenoxy) is 2. The molecule has 1 aromatic heterocycles. The minimum Gasteiger partial charge on any atom is -0.479 e. The highest BCUT2D eigenvalue weighted by molar-refractivity contribution is 5.80. The van der Waals surface area contributed by atoms with Crippen molar-refractivity contribution in [1.82, 2.24) is 25.4 Å². The van der Waals surface area contributed by atoms with Gasteiger partial charge in [0.05, 0.1) is 31.7 Å². The number of anilines is 2. The molecule has 5 rings (SSSR count). The second-order valence-electron chi connectivity index (χ2n) is 12.2. The number of aromatic nitrogens is 2. The van der Waals surface area contributed by atoms with Crippen molar-refractivity contribution < 1.29 is 53.5 Å². The lowest BCUT2D eigenvalue weighted by Gasteiger charge is -2.44. The quantitative estimate of drug-likeness (QED) is 0.110. The Morgan fingerprint density at radius 3 is 2.63 bits per heavy atom. The summed E-state index contributed by atoms with van der Waals surface area (Å²) in [6.45, 7) is 5.11. The van der Waals surface area contributed by atoms with Gasteiger partial charge in [0.15, 0.2) is 17.7 Å². The van der Waals surface area contributed by atoms with E-state index in [2.05, 4.69) is 25.7 Å². The van der Waals surface area contributed by atoms with E-state index in [9.17, 15) is 34.8 Å². The molecule has 3 aliphatic heterocycles. The number of aliphatic carboxylic acids is 1. The number of hydrogen-bond acceptors (Lipinski definition) is 14. The number of rotatable bonds is 12. The first-order valence-electron chi connectivity index (χ1n) is 15.5. The van der Waals surface area contributed by atoms with Crippen LogP contribution < -0.4 is 15.8 Å². The van der Waals surface area contributed by atoms with E-state index in [-0.39, 0.29) is 42.4 Å². The molecule has 0 unspecified atom stereocenters. The first-order chi connectivity index (χ1) is 22.0. The normalized spacial score (nSPS) is 29.5. The van der Waals surface area contributed by atoms with Gasteiger partial charge in [-0.15, -0.1) is 0 Å². The van der Waals surface area contributed by atoms with Gasteiger partial charge in [-0.1, -0.05) is 25.7 Å². The minimum absolute atomic E-state index is 0.107. The van der Waals surface area contributed by atoms with Crippen LogP contribution in [-0.2, 0) is 28.7 Å². The summed E-state index contributed by atoms with van der Waals surface area (Å²) >= 11 is 0. The van der Waals surface area contributed by atoms with Crippen molar-refractivity contribution in [2.75, 3.05) is 56.3 Å². The van der Waals surface area contributed by atoms with E-state index in [0.29, 0.717) is 37.8 Å². The molecule has 6 N–H and O–H groups in total. The van der Waals surface area contributed by atoms with Crippen molar-refractivity contribution in [3.63, 3.8) is 0 Å². The van der Waals surface area contributed by atoms with E-state index in [1.807, 2.05) is 4.90 Å². The SMILES string of the molecule is Cc1nc(NNC(=O)[C@H](CC2CCCC2)CN(C=O)O[C@@H]2O[C@H](C(=O)O)[C@@H](O)[C@H](O)[C@H]2O)c(F)c(N2CCN3CCOC[C@@H]3C2)n1. The van der Waals surface area contributed by atoms with Gasteiger partial charge in [0, 0.05) is 26.2 Å². The Morgan fingerprint density at radius 2 is 1.91 bits per heavy atom. The number of aliphatic hydroxyl groups is 3. The van der Waals surface area contributed by atoms with E-state index >= 15 is 4.39 Å². The zero-order chi connectivity index (χ0) is 33.0. The average molecular weight is 656 g/mol. The molecule has 2 amide bonds. The molecule has 4 heterocycles. The van der Waals surface area contributed by atoms with Crippen molar-refractivity contribution in [2.45, 2.75) is 75.8 Å². The number of carbonyl (C=O) groups is 3. The number of nitrogens with one attached hydrogen (secondary N) is 2. The van der Waals surface area contributed by atoms with Crippen LogP contribution in [0.5, 0.6) is 0 Å². The fourth-order valence-corrected chi connectivity index (χ4v) is 6.51. The number of morpholine rings is 1. The van der Waals surface area contributed by atoms with Crippen LogP contribution in [-0.4, -0.2) is 141 Å². The Balaban J connectivity index is 1.26. The average Bonchev–Trinajstić information content (AvgIpc) is 3.57. The number of hydrazine groups is 1. The Labute approximate surface area is 264 Å². The molecular weight excluding hydrogens is 613 g/mol. The third kappa shape index (κ3) is 7.81. The van der Waals surface area contributed by atoms with Crippen LogP contribution in [0.3, 0.4) is 0 Å². The number of carbonyl (C=O) groups excluding carboxylic acids is 2. The highest BCUT2D eigenvalue weighted by atomic mass is 19.1. The van der Waals surface area contributed by atoms with Gasteiger partial charge < -0.3 is 34.8 Å². The fourth-order valence-electron chi connectivity index (χ4n) is 6.51. The Hall–Kier alpha value is -3.26. The first kappa shape index (κ1) is 34.1. The van der Waals surface area contributed by atoms with Crippen molar-refractivity contribution in [3.8, 4) is 0 Å². The molecule has 0 radical (unpaired) electrons. The summed E-state index contributed by atoms with van der Waals surface area (Å²) in [6.07, 6.45) is -5.27. The molecule has 46 heavy (non-hydrogen) atoms. The number of aliphatic hydroxyl groups excluding tert-OH is 3. The lowest BCUT2D eigenvalue weighted by molar-refractivity contribution is -0.345. The standard InChI is InChI=1S/C28H42FN7O10/c1-15-30-24(19(29)25(31-15)35-7-6-34-8-9-44-13-18(34)12-35)32-33-26(41)17(10-16-4-2-3-5-16)11-36(14-37)46-28-22(40)20(38)21(39)23(45-28)27(42)43/h14,16-18,20-23,28,38-40H,2-13H2,1H3,(H,33,41)(H,42,43)(H,30,31,32)/t17-,18+,20+,21+,22-,23+,28+/m1/s1. The number of piperazine rings is 1. The Bertz CT molecular complexity index is 1240. The van der Waals surface area contributed by atoms with Crippen LogP contribution in [0.15, 0.2) is 0 Å². The number of aryl methyl sites for hydroxylation is 1. The van der Waals surface area contributed by atoms with Crippen molar-refractivity contribution in [1.29, 1.82) is 0 Å². The number of hydroxylamine groups is 2. The first-order valence-corrected chi connectivity index (χ1v) is 15.5. The molecule has 4 aliphatic rings. The number of amides is 2. The van der Waals surface area contributed by atoms with E-state index in [1.54, 1.807) is 6.92 Å². The van der Waals surface area contributed by atoms with Crippen LogP contribution >= 0.6 is 0 Å². The molecule has 1 aliphatic carbocycles. The molecule has 1 saturated carbocycles. The molecular formula is C28H42FN7O10. The highest BCUT2D eigenvalue weighted by Gasteiger charge is 2.48. The summed E-state index contributed by atoms with van der Waals surface area (Å²) in [5.41, 5.74) is 5.08. The van der Waals surface area contributed by atoms with E-state index in [1.165, 1.54) is 0 Å². The van der Waals surface area contributed by atoms with Crippen LogP contribution in [0, 0.1) is 24.6 Å². The van der Waals surface area contributed by atoms with Crippen molar-refractivity contribution in [3.05, 3.63) is 11.6 Å². The van der Waals surface area contributed by atoms with Gasteiger partial charge in [-0.05, 0) is 19.3 Å². The fraction of sp³-hybridized carbons (Fsp3) is 0.750. The molecule has 4 fully saturated rings. The molecule has 1 aromatic rings. The van der Waals surface area contributed by atoms with Crippen LogP contribution in [0.2, 0.25) is 0 Å². The van der Waals surface area contributed by atoms with Gasteiger partial charge in [0.1, 0.15) is 24.1 Å². The topological polar surface area (TPSA) is 219 Å². The van der Waals surface area contributed by atoms with Crippen molar-refractivity contribution >= 4 is 29.9 Å². The lowest BCUT2D eigenvalue weighted by atomic mass is 9.92. The number of nitrogens with zero attached hydrogens (tertiary/aromatic N) is 5. The summed E-state index contributed by atoms with van der Waals surface area (Å²) in [5, 5.41) is 40.3. The Morgan fingerprint density at radius 1 is 1.15 bits per heavy atom. The third-order valence-electron chi connectivity index (χ3n) is 9.02. The van der Waals surface area contributed by atoms with Crippen LogP contribution in [0.1, 0.15) is 37.9 Å². The third-order valence-corrected chi connectivity index (χ3v) is 9.02. The Kier molecular flexibility index (Phi) is 11.2. The molecule has 0 aromatic carbocycles. The summed E-state index contributed by atoms with van der Waals surface area (Å²) < 4.78 is 26.4. The zero-order valence-electron chi connectivity index (χ0n) is 25.5. The van der Waals surface area contributed by atoms with E-state index < -0.39 is 54.3 Å². The number of carboxylic acids is 1. The summed E-state index contributed by atoms with van der Waals surface area (Å²) in [5.74, 6) is -3.51. The molecule has 3 saturated heterocycles. The van der Waals surface area contributed by atoms with Gasteiger partial charge in [-0.2, -0.15) is 4.39 Å². The second-order valence-corrected chi connectivity index (χ2v) is 12.2. The van der Waals surface area contributed by atoms with Crippen molar-refractivity contribution in [2.24, 2.45) is 11.8 Å². The minimum atomic E-state index is -1.94. The van der Waals surface area contributed by atoms with Gasteiger partial charge in [0.25, 0.3) is 0 Å². The molecule has 17 nitrogen and oxygen atoms in total. The van der Waals surface area contributed by atoms with E-state index in [0.717, 1.165) is 38.8 Å². The van der Waals surface area contributed by atoms with Gasteiger partial charge in [-0.3, -0.25) is 25.3 Å². The predicted molar refractivity (Wildman–Crippen MR) is 155 cm³/mol. The van der Waals surface area contributed by atoms with Gasteiger partial charge >= 0.3 is 5.97 Å². The van der Waals surface area contributed by atoms with Gasteiger partial charge in [0.2, 0.25) is 24.4 Å². The summed E-state index contributed by atoms with van der Waals surface area (Å²) in [7, 11) is 0. The molecule has 7 atom stereocenters. The largest absolute Gasteiger partial charge is 0.479 e. The van der Waals surface area contributed by atoms with E-state index in [4.69, 9.17) is 14.3 Å². The van der Waals surface area contributed by atoms with Crippen LogP contribution in [0.25, 0.3) is 0 Å². The summed E-state index contributed by atoms with van der Waals surface area (Å²) in [4.78, 5) is 54.9. The number of carboxylic acid groups (broad SMARTS) is 1. The monoisotopic (exact) mass is 655 g/mol. The number of hydrogen-bond donors (Lipinski definition) is 6. The molecule has 256 valence electrons. The molecule has 0 bridgehead atoms. The molecule has 18 heteroatoms. The second kappa shape index (κ2) is 15.1.